The molecule has 3 aromatic rings. The van der Waals surface area contributed by atoms with E-state index in [1.54, 1.807) is 23.1 Å². The lowest BCUT2D eigenvalue weighted by molar-refractivity contribution is 0.543. The van der Waals surface area contributed by atoms with E-state index in [2.05, 4.69) is 53.7 Å². The molecule has 0 amide bonds. The van der Waals surface area contributed by atoms with Crippen LogP contribution in [0.1, 0.15) is 19.4 Å². The molecule has 152 valence electrons. The van der Waals surface area contributed by atoms with E-state index in [1.807, 2.05) is 12.1 Å². The second kappa shape index (κ2) is 9.13. The zero-order chi connectivity index (χ0) is 20.4. The number of hydrogen-bond acceptors (Lipinski definition) is 6. The summed E-state index contributed by atoms with van der Waals surface area (Å²) in [5.41, 5.74) is 3.23. The summed E-state index contributed by atoms with van der Waals surface area (Å²) >= 11 is 15.5. The minimum absolute atomic E-state index is 0.419. The average Bonchev–Trinajstić information content (AvgIpc) is 3.30. The Balaban J connectivity index is 1.30. The number of fused-ring (bicyclic) bond motifs is 1. The van der Waals surface area contributed by atoms with Gasteiger partial charge < -0.3 is 10.6 Å². The quantitative estimate of drug-likeness (QED) is 0.421. The number of halogens is 2. The highest BCUT2D eigenvalue weighted by atomic mass is 35.5. The monoisotopic (exact) mass is 464 g/mol. The fraction of sp³-hybridized carbons (Fsp3) is 0.333. The first-order chi connectivity index (χ1) is 14.0. The molecule has 0 aliphatic carbocycles. The summed E-state index contributed by atoms with van der Waals surface area (Å²) in [6.45, 7) is 5.25. The maximum absolute atomic E-state index is 6.08. The molecule has 2 heterocycles. The van der Waals surface area contributed by atoms with E-state index in [1.165, 1.54) is 5.56 Å². The molecular weight excluding hydrogens is 443 g/mol. The molecule has 1 atom stereocenters. The van der Waals surface area contributed by atoms with Crippen molar-refractivity contribution in [1.82, 2.24) is 4.98 Å². The largest absolute Gasteiger partial charge is 0.361 e. The van der Waals surface area contributed by atoms with Crippen molar-refractivity contribution in [2.24, 2.45) is 10.9 Å². The number of benzene rings is 2. The topological polar surface area (TPSA) is 49.3 Å². The van der Waals surface area contributed by atoms with Gasteiger partial charge in [-0.15, -0.1) is 0 Å². The maximum Gasteiger partial charge on any atom is 0.183 e. The van der Waals surface area contributed by atoms with E-state index in [0.717, 1.165) is 44.9 Å². The highest BCUT2D eigenvalue weighted by molar-refractivity contribution is 8.14. The van der Waals surface area contributed by atoms with Crippen LogP contribution in [0, 0.1) is 5.92 Å². The number of nitrogens with zero attached hydrogens (tertiary/aromatic N) is 2. The SMILES string of the molecule is CC(C)[C@H]1CSC(Nc2ccc(CCNc3nc4cc(Cl)c(Cl)cc4s3)cc2)=N1. The molecule has 1 aliphatic heterocycles. The third kappa shape index (κ3) is 5.18. The van der Waals surface area contributed by atoms with Crippen molar-refractivity contribution in [1.29, 1.82) is 0 Å². The van der Waals surface area contributed by atoms with Crippen LogP contribution in [0.15, 0.2) is 41.4 Å². The van der Waals surface area contributed by atoms with Crippen molar-refractivity contribution in [3.8, 4) is 0 Å². The minimum Gasteiger partial charge on any atom is -0.361 e. The number of anilines is 2. The average molecular weight is 465 g/mol. The van der Waals surface area contributed by atoms with Gasteiger partial charge in [0.2, 0.25) is 0 Å². The number of aromatic nitrogens is 1. The van der Waals surface area contributed by atoms with E-state index >= 15 is 0 Å². The molecule has 4 nitrogen and oxygen atoms in total. The molecule has 2 aromatic carbocycles. The highest BCUT2D eigenvalue weighted by Crippen LogP contribution is 2.33. The lowest BCUT2D eigenvalue weighted by Crippen LogP contribution is -2.12. The molecule has 1 aromatic heterocycles. The molecule has 0 radical (unpaired) electrons. The number of thiazole rings is 1. The standard InChI is InChI=1S/C21H22Cl2N4S2/c1-12(2)18-11-28-21(27-18)25-14-5-3-13(4-6-14)7-8-24-20-26-17-9-15(22)16(23)10-19(17)29-20/h3-6,9-10,12,18H,7-8,11H2,1-2H3,(H,24,26)(H,25,27)/t18-/m1/s1. The van der Waals surface area contributed by atoms with Gasteiger partial charge >= 0.3 is 0 Å². The Morgan fingerprint density at radius 2 is 1.90 bits per heavy atom. The molecule has 0 spiro atoms. The van der Waals surface area contributed by atoms with Gasteiger partial charge in [0.1, 0.15) is 0 Å². The number of aliphatic imine (C=N–C) groups is 1. The van der Waals surface area contributed by atoms with Gasteiger partial charge in [-0.25, -0.2) is 4.98 Å². The Labute approximate surface area is 189 Å². The fourth-order valence-corrected chi connectivity index (χ4v) is 5.48. The highest BCUT2D eigenvalue weighted by Gasteiger charge is 2.21. The second-order valence-electron chi connectivity index (χ2n) is 7.31. The predicted octanol–water partition coefficient (Wildman–Crippen LogP) is 6.80. The first-order valence-corrected chi connectivity index (χ1v) is 12.1. The maximum atomic E-state index is 6.08. The molecule has 29 heavy (non-hydrogen) atoms. The van der Waals surface area contributed by atoms with Crippen LogP contribution in [0.3, 0.4) is 0 Å². The van der Waals surface area contributed by atoms with Crippen LogP contribution in [0.4, 0.5) is 10.8 Å². The van der Waals surface area contributed by atoms with Crippen molar-refractivity contribution in [2.75, 3.05) is 22.9 Å². The molecule has 4 rings (SSSR count). The summed E-state index contributed by atoms with van der Waals surface area (Å²) in [6.07, 6.45) is 0.919. The van der Waals surface area contributed by atoms with Gasteiger partial charge in [-0.1, -0.05) is 72.3 Å². The number of nitrogens with one attached hydrogen (secondary N) is 2. The van der Waals surface area contributed by atoms with Gasteiger partial charge in [0.15, 0.2) is 10.3 Å². The summed E-state index contributed by atoms with van der Waals surface area (Å²) in [7, 11) is 0. The van der Waals surface area contributed by atoms with Gasteiger partial charge in [0.25, 0.3) is 0 Å². The zero-order valence-corrected chi connectivity index (χ0v) is 19.4. The molecule has 0 saturated heterocycles. The summed E-state index contributed by atoms with van der Waals surface area (Å²) < 4.78 is 1.03. The third-order valence-corrected chi connectivity index (χ3v) is 7.46. The molecular formula is C21H22Cl2N4S2. The Hall–Kier alpha value is -1.47. The third-order valence-electron chi connectivity index (χ3n) is 4.77. The van der Waals surface area contributed by atoms with Gasteiger partial charge in [-0.05, 0) is 42.2 Å². The van der Waals surface area contributed by atoms with Crippen molar-refractivity contribution in [3.05, 3.63) is 52.0 Å². The Morgan fingerprint density at radius 3 is 2.62 bits per heavy atom. The van der Waals surface area contributed by atoms with Gasteiger partial charge in [-0.3, -0.25) is 4.99 Å². The zero-order valence-electron chi connectivity index (χ0n) is 16.2. The summed E-state index contributed by atoms with van der Waals surface area (Å²) in [6, 6.07) is 12.6. The van der Waals surface area contributed by atoms with E-state index in [4.69, 9.17) is 28.2 Å². The van der Waals surface area contributed by atoms with Crippen molar-refractivity contribution >= 4 is 72.5 Å². The summed E-state index contributed by atoms with van der Waals surface area (Å²) in [5.74, 6) is 1.65. The van der Waals surface area contributed by atoms with Crippen molar-refractivity contribution in [3.63, 3.8) is 0 Å². The first kappa shape index (κ1) is 20.8. The number of rotatable bonds is 6. The van der Waals surface area contributed by atoms with Gasteiger partial charge in [0, 0.05) is 18.0 Å². The molecule has 1 aliphatic rings. The van der Waals surface area contributed by atoms with E-state index in [9.17, 15) is 0 Å². The predicted molar refractivity (Wildman–Crippen MR) is 130 cm³/mol. The Kier molecular flexibility index (Phi) is 6.54. The van der Waals surface area contributed by atoms with E-state index in [-0.39, 0.29) is 0 Å². The lowest BCUT2D eigenvalue weighted by atomic mass is 10.1. The fourth-order valence-electron chi connectivity index (χ4n) is 2.99. The smallest absolute Gasteiger partial charge is 0.183 e. The van der Waals surface area contributed by atoms with Crippen molar-refractivity contribution in [2.45, 2.75) is 26.3 Å². The van der Waals surface area contributed by atoms with Crippen LogP contribution < -0.4 is 10.6 Å². The van der Waals surface area contributed by atoms with E-state index in [0.29, 0.717) is 22.0 Å². The normalized spacial score (nSPS) is 16.4. The van der Waals surface area contributed by atoms with Crippen LogP contribution in [-0.2, 0) is 6.42 Å². The van der Waals surface area contributed by atoms with Crippen LogP contribution in [0.5, 0.6) is 0 Å². The minimum atomic E-state index is 0.419. The molecule has 2 N–H and O–H groups in total. The van der Waals surface area contributed by atoms with Crippen LogP contribution in [-0.4, -0.2) is 28.5 Å². The molecule has 0 unspecified atom stereocenters. The number of amidine groups is 1. The molecule has 0 saturated carbocycles. The van der Waals surface area contributed by atoms with Crippen LogP contribution >= 0.6 is 46.3 Å². The van der Waals surface area contributed by atoms with Crippen LogP contribution in [0.25, 0.3) is 10.2 Å². The Morgan fingerprint density at radius 1 is 1.14 bits per heavy atom. The Bertz CT molecular complexity index is 992. The molecule has 0 bridgehead atoms. The van der Waals surface area contributed by atoms with Gasteiger partial charge in [0.05, 0.1) is 26.3 Å². The molecule has 8 heteroatoms. The number of thioether (sulfide) groups is 1. The summed E-state index contributed by atoms with van der Waals surface area (Å²) in [5, 5.41) is 9.82. The first-order valence-electron chi connectivity index (χ1n) is 9.54. The summed E-state index contributed by atoms with van der Waals surface area (Å²) in [4.78, 5) is 9.33. The van der Waals surface area contributed by atoms with Gasteiger partial charge in [-0.2, -0.15) is 0 Å². The van der Waals surface area contributed by atoms with E-state index < -0.39 is 0 Å². The van der Waals surface area contributed by atoms with Crippen LogP contribution in [0.2, 0.25) is 10.0 Å². The second-order valence-corrected chi connectivity index (χ2v) is 10.2. The van der Waals surface area contributed by atoms with Crippen molar-refractivity contribution < 1.29 is 0 Å². The lowest BCUT2D eigenvalue weighted by Gasteiger charge is -2.08. The molecule has 0 fully saturated rings. The number of hydrogen-bond donors (Lipinski definition) is 2.